The molecule has 0 spiro atoms. The number of halogens is 1. The van der Waals surface area contributed by atoms with Crippen molar-refractivity contribution in [1.29, 1.82) is 0 Å². The average molecular weight is 374 g/mol. The van der Waals surface area contributed by atoms with Gasteiger partial charge in [-0.25, -0.2) is 0 Å². The summed E-state index contributed by atoms with van der Waals surface area (Å²) in [6.45, 7) is -0.0585. The summed E-state index contributed by atoms with van der Waals surface area (Å²) in [7, 11) is 1.60. The Hall–Kier alpha value is -3.06. The maximum atomic E-state index is 11.9. The molecule has 134 valence electrons. The Morgan fingerprint density at radius 3 is 2.69 bits per heavy atom. The second kappa shape index (κ2) is 8.35. The molecule has 26 heavy (non-hydrogen) atoms. The minimum atomic E-state index is -0.325. The summed E-state index contributed by atoms with van der Waals surface area (Å²) < 4.78 is 15.6. The van der Waals surface area contributed by atoms with Crippen LogP contribution in [0.5, 0.6) is 11.5 Å². The Morgan fingerprint density at radius 1 is 1.19 bits per heavy atom. The quantitative estimate of drug-likeness (QED) is 0.684. The Balaban J connectivity index is 1.51. The van der Waals surface area contributed by atoms with Gasteiger partial charge in [-0.15, -0.1) is 0 Å². The summed E-state index contributed by atoms with van der Waals surface area (Å²) in [4.78, 5) is 16.1. The summed E-state index contributed by atoms with van der Waals surface area (Å²) >= 11 is 5.96. The van der Waals surface area contributed by atoms with E-state index in [2.05, 4.69) is 15.5 Å². The van der Waals surface area contributed by atoms with Gasteiger partial charge in [-0.2, -0.15) is 4.98 Å². The van der Waals surface area contributed by atoms with Crippen LogP contribution in [0.4, 0.5) is 0 Å². The van der Waals surface area contributed by atoms with Crippen molar-refractivity contribution in [3.8, 4) is 22.9 Å². The van der Waals surface area contributed by atoms with Crippen molar-refractivity contribution < 1.29 is 18.8 Å². The van der Waals surface area contributed by atoms with E-state index in [1.165, 1.54) is 0 Å². The first-order chi connectivity index (χ1) is 12.7. The lowest BCUT2D eigenvalue weighted by Crippen LogP contribution is -2.28. The zero-order valence-electron chi connectivity index (χ0n) is 13.9. The number of hydrogen-bond acceptors (Lipinski definition) is 6. The lowest BCUT2D eigenvalue weighted by Gasteiger charge is -2.07. The molecule has 0 atom stereocenters. The zero-order chi connectivity index (χ0) is 18.4. The van der Waals surface area contributed by atoms with Crippen molar-refractivity contribution in [3.05, 3.63) is 59.4 Å². The molecule has 0 aliphatic heterocycles. The van der Waals surface area contributed by atoms with Crippen molar-refractivity contribution in [2.75, 3.05) is 13.7 Å². The topological polar surface area (TPSA) is 86.5 Å². The maximum absolute atomic E-state index is 11.9. The standard InChI is InChI=1S/C18H16ClN3O4/c1-24-13-8-6-12(7-9-13)18-21-17(26-22-18)10-20-16(23)11-25-15-5-3-2-4-14(15)19/h2-9H,10-11H2,1H3,(H,20,23). The largest absolute Gasteiger partial charge is 0.497 e. The Bertz CT molecular complexity index is 880. The first-order valence-electron chi connectivity index (χ1n) is 7.77. The van der Waals surface area contributed by atoms with E-state index in [0.717, 1.165) is 11.3 Å². The number of methoxy groups -OCH3 is 1. The van der Waals surface area contributed by atoms with Crippen LogP contribution < -0.4 is 14.8 Å². The van der Waals surface area contributed by atoms with Crippen molar-refractivity contribution >= 4 is 17.5 Å². The van der Waals surface area contributed by atoms with E-state index in [1.54, 1.807) is 43.5 Å². The van der Waals surface area contributed by atoms with Gasteiger partial charge in [0.1, 0.15) is 11.5 Å². The summed E-state index contributed by atoms with van der Waals surface area (Å²) in [5, 5.41) is 6.99. The monoisotopic (exact) mass is 373 g/mol. The number of amides is 1. The maximum Gasteiger partial charge on any atom is 0.258 e. The van der Waals surface area contributed by atoms with Crippen molar-refractivity contribution in [1.82, 2.24) is 15.5 Å². The molecule has 8 heteroatoms. The summed E-state index contributed by atoms with van der Waals surface area (Å²) in [5.74, 6) is 1.59. The molecule has 2 aromatic carbocycles. The fourth-order valence-electron chi connectivity index (χ4n) is 2.11. The molecule has 3 aromatic rings. The van der Waals surface area contributed by atoms with Crippen LogP contribution in [0.3, 0.4) is 0 Å². The third-order valence-electron chi connectivity index (χ3n) is 3.45. The summed E-state index contributed by atoms with van der Waals surface area (Å²) in [5.41, 5.74) is 0.786. The molecule has 3 rings (SSSR count). The van der Waals surface area contributed by atoms with E-state index in [-0.39, 0.29) is 19.1 Å². The lowest BCUT2D eigenvalue weighted by atomic mass is 10.2. The van der Waals surface area contributed by atoms with Crippen LogP contribution in [0, 0.1) is 0 Å². The Kier molecular flexibility index (Phi) is 5.70. The van der Waals surface area contributed by atoms with Gasteiger partial charge in [0.25, 0.3) is 5.91 Å². The number of nitrogens with zero attached hydrogens (tertiary/aromatic N) is 2. The molecule has 0 saturated carbocycles. The molecule has 1 N–H and O–H groups in total. The van der Waals surface area contributed by atoms with Gasteiger partial charge in [0.15, 0.2) is 6.61 Å². The fraction of sp³-hybridized carbons (Fsp3) is 0.167. The number of hydrogen-bond donors (Lipinski definition) is 1. The highest BCUT2D eigenvalue weighted by atomic mass is 35.5. The van der Waals surface area contributed by atoms with Gasteiger partial charge in [0.05, 0.1) is 18.7 Å². The third kappa shape index (κ3) is 4.52. The smallest absolute Gasteiger partial charge is 0.258 e. The second-order valence-electron chi connectivity index (χ2n) is 5.24. The molecule has 0 aliphatic rings. The van der Waals surface area contributed by atoms with Crippen LogP contribution in [-0.4, -0.2) is 29.8 Å². The van der Waals surface area contributed by atoms with Crippen LogP contribution in [0.25, 0.3) is 11.4 Å². The average Bonchev–Trinajstić information content (AvgIpc) is 3.15. The van der Waals surface area contributed by atoms with Crippen LogP contribution in [0.2, 0.25) is 5.02 Å². The fourth-order valence-corrected chi connectivity index (χ4v) is 2.30. The predicted octanol–water partition coefficient (Wildman–Crippen LogP) is 3.09. The first-order valence-corrected chi connectivity index (χ1v) is 8.14. The zero-order valence-corrected chi connectivity index (χ0v) is 14.7. The number of ether oxygens (including phenoxy) is 2. The molecule has 1 amide bonds. The van der Waals surface area contributed by atoms with Gasteiger partial charge in [0, 0.05) is 5.56 Å². The van der Waals surface area contributed by atoms with E-state index in [9.17, 15) is 4.79 Å². The molecule has 1 aromatic heterocycles. The van der Waals surface area contributed by atoms with E-state index in [0.29, 0.717) is 22.5 Å². The van der Waals surface area contributed by atoms with Crippen molar-refractivity contribution in [2.24, 2.45) is 0 Å². The molecular weight excluding hydrogens is 358 g/mol. The summed E-state index contributed by atoms with van der Waals surface area (Å²) in [6.07, 6.45) is 0. The van der Waals surface area contributed by atoms with Gasteiger partial charge >= 0.3 is 0 Å². The van der Waals surface area contributed by atoms with E-state index in [1.807, 2.05) is 12.1 Å². The van der Waals surface area contributed by atoms with Crippen LogP contribution in [-0.2, 0) is 11.3 Å². The van der Waals surface area contributed by atoms with Crippen LogP contribution in [0.1, 0.15) is 5.89 Å². The number of benzene rings is 2. The van der Waals surface area contributed by atoms with Crippen LogP contribution >= 0.6 is 11.6 Å². The molecule has 0 radical (unpaired) electrons. The number of carbonyl (C=O) groups is 1. The minimum absolute atomic E-state index is 0.105. The second-order valence-corrected chi connectivity index (χ2v) is 5.64. The molecule has 0 unspecified atom stereocenters. The molecule has 1 heterocycles. The van der Waals surface area contributed by atoms with Gasteiger partial charge < -0.3 is 19.3 Å². The molecular formula is C18H16ClN3O4. The van der Waals surface area contributed by atoms with Gasteiger partial charge in [-0.05, 0) is 36.4 Å². The highest BCUT2D eigenvalue weighted by Crippen LogP contribution is 2.23. The highest BCUT2D eigenvalue weighted by Gasteiger charge is 2.11. The Labute approximate surface area is 154 Å². The van der Waals surface area contributed by atoms with Crippen LogP contribution in [0.15, 0.2) is 53.1 Å². The van der Waals surface area contributed by atoms with Gasteiger partial charge in [0.2, 0.25) is 11.7 Å². The number of para-hydroxylation sites is 1. The number of carbonyl (C=O) groups excluding carboxylic acids is 1. The summed E-state index contributed by atoms with van der Waals surface area (Å²) in [6, 6.07) is 14.2. The number of rotatable bonds is 7. The lowest BCUT2D eigenvalue weighted by molar-refractivity contribution is -0.123. The SMILES string of the molecule is COc1ccc(-c2noc(CNC(=O)COc3ccccc3Cl)n2)cc1. The van der Waals surface area contributed by atoms with Gasteiger partial charge in [-0.3, -0.25) is 4.79 Å². The Morgan fingerprint density at radius 2 is 1.96 bits per heavy atom. The first kappa shape index (κ1) is 17.8. The predicted molar refractivity (Wildman–Crippen MR) is 95.1 cm³/mol. The van der Waals surface area contributed by atoms with E-state index in [4.69, 9.17) is 25.6 Å². The number of nitrogens with one attached hydrogen (secondary N) is 1. The van der Waals surface area contributed by atoms with E-state index < -0.39 is 0 Å². The van der Waals surface area contributed by atoms with E-state index >= 15 is 0 Å². The molecule has 0 saturated heterocycles. The molecule has 0 aliphatic carbocycles. The normalized spacial score (nSPS) is 10.4. The molecule has 7 nitrogen and oxygen atoms in total. The molecule has 0 fully saturated rings. The van der Waals surface area contributed by atoms with Gasteiger partial charge in [-0.1, -0.05) is 28.9 Å². The molecule has 0 bridgehead atoms. The minimum Gasteiger partial charge on any atom is -0.497 e. The number of aromatic nitrogens is 2. The highest BCUT2D eigenvalue weighted by molar-refractivity contribution is 6.32. The van der Waals surface area contributed by atoms with Crippen molar-refractivity contribution in [3.63, 3.8) is 0 Å². The van der Waals surface area contributed by atoms with Crippen molar-refractivity contribution in [2.45, 2.75) is 6.54 Å². The third-order valence-corrected chi connectivity index (χ3v) is 3.76.